The fourth-order valence-corrected chi connectivity index (χ4v) is 2.80. The van der Waals surface area contributed by atoms with E-state index in [1.165, 1.54) is 0 Å². The van der Waals surface area contributed by atoms with E-state index in [0.29, 0.717) is 5.02 Å². The topological polar surface area (TPSA) is 144 Å². The number of carboxylic acid groups (broad SMARTS) is 1. The van der Waals surface area contributed by atoms with Gasteiger partial charge in [0.2, 0.25) is 0 Å². The number of halogens is 1. The lowest BCUT2D eigenvalue weighted by Crippen LogP contribution is -2.34. The number of benzene rings is 1. The van der Waals surface area contributed by atoms with Crippen LogP contribution in [0.25, 0.3) is 11.0 Å². The molecule has 1 aromatic carbocycles. The first-order valence-electron chi connectivity index (χ1n) is 8.18. The Labute approximate surface area is 167 Å². The average Bonchev–Trinajstić information content (AvgIpc) is 2.68. The number of hydrogen-bond donors (Lipinski definition) is 2. The zero-order valence-corrected chi connectivity index (χ0v) is 15.4. The summed E-state index contributed by atoms with van der Waals surface area (Å²) >= 11 is 5.81. The van der Waals surface area contributed by atoms with Crippen molar-refractivity contribution < 1.29 is 19.6 Å². The molecule has 2 aromatic heterocycles. The molecule has 10 nitrogen and oxygen atoms in total. The number of carboxylic acids is 1. The van der Waals surface area contributed by atoms with Gasteiger partial charge in [-0.3, -0.25) is 29.1 Å². The molecule has 1 amide bonds. The lowest BCUT2D eigenvalue weighted by Gasteiger charge is -2.11. The molecule has 0 aliphatic rings. The quantitative estimate of drug-likeness (QED) is 0.461. The summed E-state index contributed by atoms with van der Waals surface area (Å²) in [6, 6.07) is 8.95. The second kappa shape index (κ2) is 8.07. The summed E-state index contributed by atoms with van der Waals surface area (Å²) in [7, 11) is 0. The average molecular weight is 417 g/mol. The van der Waals surface area contributed by atoms with Crippen LogP contribution >= 0.6 is 11.6 Å². The van der Waals surface area contributed by atoms with Crippen molar-refractivity contribution in [2.24, 2.45) is 0 Å². The smallest absolute Gasteiger partial charge is 0.323 e. The van der Waals surface area contributed by atoms with Crippen LogP contribution in [0.2, 0.25) is 5.02 Å². The number of hydrogen-bond acceptors (Lipinski definition) is 6. The van der Waals surface area contributed by atoms with Crippen molar-refractivity contribution in [2.75, 3.05) is 0 Å². The first-order chi connectivity index (χ1) is 13.8. The van der Waals surface area contributed by atoms with E-state index in [2.05, 4.69) is 10.3 Å². The monoisotopic (exact) mass is 416 g/mol. The van der Waals surface area contributed by atoms with Crippen molar-refractivity contribution in [1.82, 2.24) is 14.9 Å². The number of nitrogens with one attached hydrogen (secondary N) is 1. The van der Waals surface area contributed by atoms with Crippen LogP contribution in [-0.2, 0) is 17.9 Å². The molecule has 148 valence electrons. The molecule has 0 spiro atoms. The summed E-state index contributed by atoms with van der Waals surface area (Å²) in [5.41, 5.74) is -0.917. The van der Waals surface area contributed by atoms with Gasteiger partial charge in [-0.2, -0.15) is 0 Å². The van der Waals surface area contributed by atoms with Gasteiger partial charge < -0.3 is 10.4 Å². The Hall–Kier alpha value is -3.79. The van der Waals surface area contributed by atoms with Crippen molar-refractivity contribution >= 4 is 40.2 Å². The van der Waals surface area contributed by atoms with Crippen LogP contribution in [0.3, 0.4) is 0 Å². The zero-order chi connectivity index (χ0) is 21.1. The molecular formula is C18H13ClN4O6. The number of aliphatic carboxylic acids is 1. The van der Waals surface area contributed by atoms with Crippen LogP contribution in [0.5, 0.6) is 0 Å². The molecular weight excluding hydrogens is 404 g/mol. The third-order valence-electron chi connectivity index (χ3n) is 4.03. The molecule has 2 N–H and O–H groups in total. The van der Waals surface area contributed by atoms with Crippen molar-refractivity contribution in [3.05, 3.63) is 79.2 Å². The van der Waals surface area contributed by atoms with Crippen LogP contribution in [-0.4, -0.2) is 31.5 Å². The summed E-state index contributed by atoms with van der Waals surface area (Å²) < 4.78 is 0.790. The Morgan fingerprint density at radius 1 is 1.24 bits per heavy atom. The third kappa shape index (κ3) is 4.38. The van der Waals surface area contributed by atoms with Gasteiger partial charge in [-0.05, 0) is 23.8 Å². The minimum Gasteiger partial charge on any atom is -0.480 e. The van der Waals surface area contributed by atoms with Crippen molar-refractivity contribution in [2.45, 2.75) is 13.1 Å². The second-order valence-electron chi connectivity index (χ2n) is 6.02. The molecule has 0 aliphatic carbocycles. The SMILES string of the molecule is O=C(O)Cn1c(=O)c(C(=O)NCc2ccc(Cl)cc2)cc2cc([N+](=O)[O-])cnc21. The highest BCUT2D eigenvalue weighted by atomic mass is 35.5. The lowest BCUT2D eigenvalue weighted by molar-refractivity contribution is -0.385. The minimum absolute atomic E-state index is 0.0720. The number of carbonyl (C=O) groups is 2. The molecule has 0 atom stereocenters. The van der Waals surface area contributed by atoms with Gasteiger partial charge in [0.05, 0.1) is 4.92 Å². The highest BCUT2D eigenvalue weighted by molar-refractivity contribution is 6.30. The van der Waals surface area contributed by atoms with Crippen LogP contribution < -0.4 is 10.9 Å². The van der Waals surface area contributed by atoms with Gasteiger partial charge in [0.25, 0.3) is 17.2 Å². The van der Waals surface area contributed by atoms with Crippen LogP contribution in [0.1, 0.15) is 15.9 Å². The number of nitro groups is 1. The van der Waals surface area contributed by atoms with Gasteiger partial charge in [0.1, 0.15) is 24.0 Å². The van der Waals surface area contributed by atoms with Gasteiger partial charge in [-0.15, -0.1) is 0 Å². The Morgan fingerprint density at radius 3 is 2.55 bits per heavy atom. The van der Waals surface area contributed by atoms with Gasteiger partial charge in [-0.1, -0.05) is 23.7 Å². The maximum Gasteiger partial charge on any atom is 0.323 e. The van der Waals surface area contributed by atoms with Crippen molar-refractivity contribution in [3.8, 4) is 0 Å². The molecule has 0 radical (unpaired) electrons. The normalized spacial score (nSPS) is 10.7. The van der Waals surface area contributed by atoms with E-state index >= 15 is 0 Å². The number of aromatic nitrogens is 2. The first kappa shape index (κ1) is 20.0. The van der Waals surface area contributed by atoms with Gasteiger partial charge in [0, 0.05) is 23.0 Å². The molecule has 0 saturated carbocycles. The van der Waals surface area contributed by atoms with E-state index in [-0.39, 0.29) is 28.8 Å². The molecule has 2 heterocycles. The summed E-state index contributed by atoms with van der Waals surface area (Å²) in [4.78, 5) is 50.5. The van der Waals surface area contributed by atoms with E-state index in [1.807, 2.05) is 0 Å². The molecule has 0 bridgehead atoms. The fraction of sp³-hybridized carbons (Fsp3) is 0.111. The molecule has 29 heavy (non-hydrogen) atoms. The van der Waals surface area contributed by atoms with E-state index in [9.17, 15) is 24.5 Å². The predicted molar refractivity (Wildman–Crippen MR) is 103 cm³/mol. The third-order valence-corrected chi connectivity index (χ3v) is 4.28. The van der Waals surface area contributed by atoms with E-state index in [1.54, 1.807) is 24.3 Å². The largest absolute Gasteiger partial charge is 0.480 e. The predicted octanol–water partition coefficient (Wildman–Crippen LogP) is 1.97. The standard InChI is InChI=1S/C18H13ClN4O6/c19-12-3-1-10(2-4-12)7-21-17(26)14-6-11-5-13(23(28)29)8-20-16(11)22(18(14)27)9-15(24)25/h1-6,8H,7,9H2,(H,21,26)(H,24,25). The number of fused-ring (bicyclic) bond motifs is 1. The minimum atomic E-state index is -1.33. The van der Waals surface area contributed by atoms with Crippen molar-refractivity contribution in [3.63, 3.8) is 0 Å². The molecule has 3 rings (SSSR count). The maximum atomic E-state index is 12.7. The molecule has 0 saturated heterocycles. The number of amides is 1. The summed E-state index contributed by atoms with van der Waals surface area (Å²) in [5, 5.41) is 23.3. The van der Waals surface area contributed by atoms with Crippen molar-refractivity contribution in [1.29, 1.82) is 0 Å². The number of nitrogens with zero attached hydrogens (tertiary/aromatic N) is 3. The highest BCUT2D eigenvalue weighted by Crippen LogP contribution is 2.18. The van der Waals surface area contributed by atoms with Crippen LogP contribution in [0.15, 0.2) is 47.4 Å². The van der Waals surface area contributed by atoms with Crippen LogP contribution in [0, 0.1) is 10.1 Å². The Morgan fingerprint density at radius 2 is 1.93 bits per heavy atom. The molecule has 3 aromatic rings. The second-order valence-corrected chi connectivity index (χ2v) is 6.45. The van der Waals surface area contributed by atoms with E-state index in [0.717, 1.165) is 28.5 Å². The Kier molecular flexibility index (Phi) is 5.55. The maximum absolute atomic E-state index is 12.7. The summed E-state index contributed by atoms with van der Waals surface area (Å²) in [5.74, 6) is -2.08. The number of carbonyl (C=O) groups excluding carboxylic acids is 1. The van der Waals surface area contributed by atoms with Gasteiger partial charge in [-0.25, -0.2) is 4.98 Å². The molecule has 11 heteroatoms. The molecule has 0 fully saturated rings. The summed E-state index contributed by atoms with van der Waals surface area (Å²) in [6.07, 6.45) is 0.917. The molecule has 0 aliphatic heterocycles. The van der Waals surface area contributed by atoms with Crippen LogP contribution in [0.4, 0.5) is 5.69 Å². The first-order valence-corrected chi connectivity index (χ1v) is 8.56. The van der Waals surface area contributed by atoms with Gasteiger partial charge in [0.15, 0.2) is 0 Å². The van der Waals surface area contributed by atoms with Gasteiger partial charge >= 0.3 is 5.97 Å². The number of rotatable bonds is 6. The fourth-order valence-electron chi connectivity index (χ4n) is 2.68. The molecule has 0 unspecified atom stereocenters. The summed E-state index contributed by atoms with van der Waals surface area (Å²) in [6.45, 7) is -0.655. The Bertz CT molecular complexity index is 1190. The van der Waals surface area contributed by atoms with E-state index in [4.69, 9.17) is 16.7 Å². The Balaban J connectivity index is 2.02. The highest BCUT2D eigenvalue weighted by Gasteiger charge is 2.19. The number of pyridine rings is 2. The van der Waals surface area contributed by atoms with E-state index < -0.39 is 28.9 Å². The zero-order valence-electron chi connectivity index (χ0n) is 14.7. The lowest BCUT2D eigenvalue weighted by atomic mass is 10.1.